The van der Waals surface area contributed by atoms with Crippen molar-refractivity contribution in [3.63, 3.8) is 0 Å². The molecule has 8 heteroatoms. The second kappa shape index (κ2) is 4.61. The van der Waals surface area contributed by atoms with Gasteiger partial charge in [0.1, 0.15) is 4.90 Å². The number of rotatable bonds is 3. The topological polar surface area (TPSA) is 101 Å². The molecule has 0 saturated heterocycles. The number of hydrogen-bond donors (Lipinski definition) is 2. The van der Waals surface area contributed by atoms with E-state index in [-0.39, 0.29) is 10.8 Å². The van der Waals surface area contributed by atoms with Gasteiger partial charge in [-0.1, -0.05) is 0 Å². The Kier molecular flexibility index (Phi) is 3.27. The van der Waals surface area contributed by atoms with Crippen molar-refractivity contribution in [3.05, 3.63) is 28.8 Å². The van der Waals surface area contributed by atoms with Crippen LogP contribution in [0.4, 0.5) is 5.95 Å². The summed E-state index contributed by atoms with van der Waals surface area (Å²) in [5.74, 6) is 0.0671. The van der Waals surface area contributed by atoms with Crippen molar-refractivity contribution >= 4 is 16.0 Å². The second-order valence-electron chi connectivity index (χ2n) is 4.34. The van der Waals surface area contributed by atoms with Gasteiger partial charge in [0, 0.05) is 11.4 Å². The number of H-pyrrole nitrogens is 1. The summed E-state index contributed by atoms with van der Waals surface area (Å²) < 4.78 is 26.9. The first-order chi connectivity index (χ1) is 8.79. The zero-order chi connectivity index (χ0) is 14.2. The minimum absolute atomic E-state index is 0.0671. The first-order valence-electron chi connectivity index (χ1n) is 5.66. The van der Waals surface area contributed by atoms with Crippen LogP contribution < -0.4 is 4.72 Å². The molecule has 2 aromatic heterocycles. The lowest BCUT2D eigenvalue weighted by Crippen LogP contribution is -2.17. The van der Waals surface area contributed by atoms with Gasteiger partial charge < -0.3 is 0 Å². The third-order valence-electron chi connectivity index (χ3n) is 2.54. The predicted molar refractivity (Wildman–Crippen MR) is 70.4 cm³/mol. The van der Waals surface area contributed by atoms with E-state index < -0.39 is 10.0 Å². The van der Waals surface area contributed by atoms with Gasteiger partial charge >= 0.3 is 0 Å². The van der Waals surface area contributed by atoms with Crippen molar-refractivity contribution in [2.24, 2.45) is 0 Å². The van der Waals surface area contributed by atoms with Crippen molar-refractivity contribution in [2.75, 3.05) is 4.72 Å². The molecule has 2 aromatic rings. The van der Waals surface area contributed by atoms with Gasteiger partial charge in [-0.2, -0.15) is 5.10 Å². The van der Waals surface area contributed by atoms with Crippen molar-refractivity contribution in [3.8, 4) is 0 Å². The van der Waals surface area contributed by atoms with E-state index >= 15 is 0 Å². The molecule has 0 bridgehead atoms. The van der Waals surface area contributed by atoms with E-state index in [1.165, 1.54) is 0 Å². The summed E-state index contributed by atoms with van der Waals surface area (Å²) in [4.78, 5) is 8.25. The van der Waals surface area contributed by atoms with Crippen LogP contribution in [0.2, 0.25) is 0 Å². The fourth-order valence-electron chi connectivity index (χ4n) is 1.88. The summed E-state index contributed by atoms with van der Waals surface area (Å²) >= 11 is 0. The highest BCUT2D eigenvalue weighted by molar-refractivity contribution is 7.92. The molecule has 0 fully saturated rings. The van der Waals surface area contributed by atoms with Crippen molar-refractivity contribution in [2.45, 2.75) is 32.6 Å². The number of aromatic nitrogens is 4. The lowest BCUT2D eigenvalue weighted by molar-refractivity contribution is 0.599. The molecule has 0 amide bonds. The molecule has 102 valence electrons. The van der Waals surface area contributed by atoms with Gasteiger partial charge in [0.25, 0.3) is 10.0 Å². The first-order valence-corrected chi connectivity index (χ1v) is 7.14. The number of nitrogens with zero attached hydrogens (tertiary/aromatic N) is 3. The lowest BCUT2D eigenvalue weighted by Gasteiger charge is -2.07. The Bertz CT molecular complexity index is 681. The van der Waals surface area contributed by atoms with Crippen LogP contribution in [-0.4, -0.2) is 28.6 Å². The van der Waals surface area contributed by atoms with Gasteiger partial charge in [0.15, 0.2) is 0 Å². The quantitative estimate of drug-likeness (QED) is 0.881. The Balaban J connectivity index is 2.42. The summed E-state index contributed by atoms with van der Waals surface area (Å²) in [6, 6.07) is 1.77. The molecule has 0 aromatic carbocycles. The average Bonchev–Trinajstić information content (AvgIpc) is 2.56. The summed E-state index contributed by atoms with van der Waals surface area (Å²) in [6.07, 6.45) is 0. The fraction of sp³-hybridized carbons (Fsp3) is 0.364. The predicted octanol–water partition coefficient (Wildman–Crippen LogP) is 1.23. The summed E-state index contributed by atoms with van der Waals surface area (Å²) in [6.45, 7) is 6.83. The molecule has 0 radical (unpaired) electrons. The van der Waals surface area contributed by atoms with E-state index in [0.717, 1.165) is 0 Å². The van der Waals surface area contributed by atoms with Crippen LogP contribution in [0.5, 0.6) is 0 Å². The zero-order valence-corrected chi connectivity index (χ0v) is 12.0. The van der Waals surface area contributed by atoms with Gasteiger partial charge in [-0.25, -0.2) is 23.1 Å². The molecular weight excluding hydrogens is 266 g/mol. The Morgan fingerprint density at radius 1 is 1.11 bits per heavy atom. The number of hydrogen-bond acceptors (Lipinski definition) is 5. The third-order valence-corrected chi connectivity index (χ3v) is 4.13. The van der Waals surface area contributed by atoms with Crippen LogP contribution in [-0.2, 0) is 10.0 Å². The highest BCUT2D eigenvalue weighted by atomic mass is 32.2. The number of nitrogens with one attached hydrogen (secondary N) is 2. The van der Waals surface area contributed by atoms with Gasteiger partial charge in [-0.3, -0.25) is 5.10 Å². The maximum atomic E-state index is 12.3. The summed E-state index contributed by atoms with van der Waals surface area (Å²) in [5, 5.41) is 6.52. The van der Waals surface area contributed by atoms with Gasteiger partial charge in [0.05, 0.1) is 11.4 Å². The lowest BCUT2D eigenvalue weighted by atomic mass is 10.4. The largest absolute Gasteiger partial charge is 0.281 e. The van der Waals surface area contributed by atoms with Crippen LogP contribution >= 0.6 is 0 Å². The Labute approximate surface area is 111 Å². The third kappa shape index (κ3) is 2.73. The molecular formula is C11H15N5O2S. The smallest absolute Gasteiger partial charge is 0.267 e. The average molecular weight is 281 g/mol. The van der Waals surface area contributed by atoms with Crippen LogP contribution in [0, 0.1) is 27.7 Å². The maximum absolute atomic E-state index is 12.3. The number of anilines is 1. The number of aromatic amines is 1. The Morgan fingerprint density at radius 3 is 2.16 bits per heavy atom. The molecule has 2 N–H and O–H groups in total. The van der Waals surface area contributed by atoms with E-state index in [0.29, 0.717) is 22.8 Å². The van der Waals surface area contributed by atoms with Gasteiger partial charge in [0.2, 0.25) is 5.95 Å². The molecule has 19 heavy (non-hydrogen) atoms. The van der Waals surface area contributed by atoms with Crippen molar-refractivity contribution in [1.82, 2.24) is 20.2 Å². The molecule has 0 atom stereocenters. The monoisotopic (exact) mass is 281 g/mol. The zero-order valence-electron chi connectivity index (χ0n) is 11.1. The molecule has 2 rings (SSSR count). The standard InChI is InChI=1S/C11H15N5O2S/c1-6-5-7(2)13-11(12-6)16-19(17,18)10-8(3)14-15-9(10)4/h5H,1-4H3,(H,14,15)(H,12,13,16). The highest BCUT2D eigenvalue weighted by Gasteiger charge is 2.23. The summed E-state index contributed by atoms with van der Waals surface area (Å²) in [5.41, 5.74) is 2.29. The first kappa shape index (κ1) is 13.5. The van der Waals surface area contributed by atoms with Crippen LogP contribution in [0.3, 0.4) is 0 Å². The van der Waals surface area contributed by atoms with Gasteiger partial charge in [-0.15, -0.1) is 0 Å². The molecule has 0 spiro atoms. The van der Waals surface area contributed by atoms with Gasteiger partial charge in [-0.05, 0) is 33.8 Å². The minimum Gasteiger partial charge on any atom is -0.281 e. The molecule has 0 unspecified atom stereocenters. The number of sulfonamides is 1. The van der Waals surface area contributed by atoms with E-state index in [4.69, 9.17) is 0 Å². The molecule has 2 heterocycles. The van der Waals surface area contributed by atoms with Crippen molar-refractivity contribution in [1.29, 1.82) is 0 Å². The highest BCUT2D eigenvalue weighted by Crippen LogP contribution is 2.19. The minimum atomic E-state index is -3.73. The molecule has 0 aliphatic heterocycles. The molecule has 0 aliphatic rings. The van der Waals surface area contributed by atoms with Crippen LogP contribution in [0.15, 0.2) is 11.0 Å². The van der Waals surface area contributed by atoms with Crippen LogP contribution in [0.25, 0.3) is 0 Å². The number of aryl methyl sites for hydroxylation is 4. The molecule has 0 aliphatic carbocycles. The normalized spacial score (nSPS) is 11.6. The Morgan fingerprint density at radius 2 is 1.68 bits per heavy atom. The van der Waals surface area contributed by atoms with E-state index in [9.17, 15) is 8.42 Å². The Hall–Kier alpha value is -1.96. The fourth-order valence-corrected chi connectivity index (χ4v) is 3.20. The SMILES string of the molecule is Cc1cc(C)nc(NS(=O)(=O)c2c(C)n[nH]c2C)n1. The summed E-state index contributed by atoms with van der Waals surface area (Å²) in [7, 11) is -3.73. The maximum Gasteiger partial charge on any atom is 0.267 e. The second-order valence-corrected chi connectivity index (χ2v) is 5.96. The van der Waals surface area contributed by atoms with E-state index in [1.54, 1.807) is 33.8 Å². The van der Waals surface area contributed by atoms with E-state index in [2.05, 4.69) is 24.9 Å². The van der Waals surface area contributed by atoms with Crippen molar-refractivity contribution < 1.29 is 8.42 Å². The van der Waals surface area contributed by atoms with E-state index in [1.807, 2.05) is 0 Å². The van der Waals surface area contributed by atoms with Crippen LogP contribution in [0.1, 0.15) is 22.8 Å². The molecule has 0 saturated carbocycles. The molecule has 7 nitrogen and oxygen atoms in total.